The van der Waals surface area contributed by atoms with Gasteiger partial charge in [0.05, 0.1) is 32.2 Å². The van der Waals surface area contributed by atoms with Gasteiger partial charge in [0.2, 0.25) is 0 Å². The van der Waals surface area contributed by atoms with Gasteiger partial charge in [0.1, 0.15) is 23.9 Å². The third kappa shape index (κ3) is 6.87. The molecule has 1 aliphatic heterocycles. The first kappa shape index (κ1) is 24.8. The number of pyridine rings is 1. The molecule has 1 aliphatic rings. The summed E-state index contributed by atoms with van der Waals surface area (Å²) >= 11 is 0. The molecule has 0 aliphatic carbocycles. The van der Waals surface area contributed by atoms with E-state index >= 15 is 0 Å². The Morgan fingerprint density at radius 1 is 0.919 bits per heavy atom. The van der Waals surface area contributed by atoms with Crippen LogP contribution in [0.5, 0.6) is 11.5 Å². The lowest BCUT2D eigenvalue weighted by atomic mass is 10.1. The number of rotatable bonds is 11. The Morgan fingerprint density at radius 3 is 2.49 bits per heavy atom. The molecule has 0 amide bonds. The van der Waals surface area contributed by atoms with Crippen LogP contribution in [0, 0.1) is 0 Å². The molecule has 2 aromatic heterocycles. The van der Waals surface area contributed by atoms with Crippen LogP contribution < -0.4 is 14.4 Å². The van der Waals surface area contributed by atoms with Gasteiger partial charge in [0.15, 0.2) is 0 Å². The molecule has 0 unspecified atom stereocenters. The summed E-state index contributed by atoms with van der Waals surface area (Å²) in [6.07, 6.45) is 5.54. The minimum atomic E-state index is 0.636. The molecular weight excluding hydrogens is 466 g/mol. The molecule has 8 nitrogen and oxygen atoms in total. The number of hydrogen-bond acceptors (Lipinski definition) is 7. The summed E-state index contributed by atoms with van der Waals surface area (Å²) in [6.45, 7) is 6.45. The Balaban J connectivity index is 1.28. The van der Waals surface area contributed by atoms with Gasteiger partial charge in [-0.25, -0.2) is 9.67 Å². The lowest BCUT2D eigenvalue weighted by Gasteiger charge is -2.26. The maximum Gasteiger partial charge on any atom is 0.137 e. The zero-order valence-corrected chi connectivity index (χ0v) is 21.2. The summed E-state index contributed by atoms with van der Waals surface area (Å²) < 4.78 is 18.7. The molecule has 1 saturated heterocycles. The number of hydrogen-bond donors (Lipinski definition) is 0. The van der Waals surface area contributed by atoms with Crippen LogP contribution in [-0.4, -0.2) is 66.2 Å². The van der Waals surface area contributed by atoms with Crippen molar-refractivity contribution < 1.29 is 14.2 Å². The van der Waals surface area contributed by atoms with E-state index in [1.807, 2.05) is 47.4 Å². The highest BCUT2D eigenvalue weighted by molar-refractivity contribution is 5.44. The van der Waals surface area contributed by atoms with Crippen molar-refractivity contribution in [3.05, 3.63) is 96.4 Å². The second-order valence-corrected chi connectivity index (χ2v) is 8.98. The number of methoxy groups -OCH3 is 1. The molecule has 3 heterocycles. The zero-order chi connectivity index (χ0) is 25.3. The van der Waals surface area contributed by atoms with Gasteiger partial charge in [0, 0.05) is 45.1 Å². The molecule has 0 saturated carbocycles. The van der Waals surface area contributed by atoms with Crippen LogP contribution in [0.3, 0.4) is 0 Å². The lowest BCUT2D eigenvalue weighted by molar-refractivity contribution is 0.0322. The highest BCUT2D eigenvalue weighted by atomic mass is 16.5. The number of ether oxygens (including phenoxy) is 3. The van der Waals surface area contributed by atoms with Gasteiger partial charge in [-0.05, 0) is 53.6 Å². The third-order valence-corrected chi connectivity index (χ3v) is 6.41. The maximum atomic E-state index is 5.97. The van der Waals surface area contributed by atoms with Crippen LogP contribution in [0.1, 0.15) is 11.1 Å². The van der Waals surface area contributed by atoms with Gasteiger partial charge in [-0.3, -0.25) is 4.90 Å². The molecule has 1 fully saturated rings. The summed E-state index contributed by atoms with van der Waals surface area (Å²) in [6, 6.07) is 22.6. The van der Waals surface area contributed by atoms with Crippen molar-refractivity contribution in [3.8, 4) is 17.2 Å². The van der Waals surface area contributed by atoms with Gasteiger partial charge < -0.3 is 19.1 Å². The molecule has 0 radical (unpaired) electrons. The largest absolute Gasteiger partial charge is 0.497 e. The molecule has 5 rings (SSSR count). The smallest absolute Gasteiger partial charge is 0.137 e. The molecular formula is C29H33N5O3. The molecule has 37 heavy (non-hydrogen) atoms. The monoisotopic (exact) mass is 499 g/mol. The molecule has 0 bridgehead atoms. The minimum absolute atomic E-state index is 0.636. The maximum absolute atomic E-state index is 5.97. The van der Waals surface area contributed by atoms with Gasteiger partial charge in [-0.2, -0.15) is 5.10 Å². The van der Waals surface area contributed by atoms with E-state index in [4.69, 9.17) is 19.2 Å². The molecule has 0 atom stereocenters. The molecule has 0 N–H and O–H groups in total. The van der Waals surface area contributed by atoms with Crippen LogP contribution >= 0.6 is 0 Å². The first-order valence-electron chi connectivity index (χ1n) is 12.6. The van der Waals surface area contributed by atoms with E-state index < -0.39 is 0 Å². The fourth-order valence-electron chi connectivity index (χ4n) is 4.37. The third-order valence-electron chi connectivity index (χ3n) is 6.41. The first-order valence-corrected chi connectivity index (χ1v) is 12.6. The highest BCUT2D eigenvalue weighted by Crippen LogP contribution is 2.23. The van der Waals surface area contributed by atoms with Crippen molar-refractivity contribution in [1.29, 1.82) is 0 Å². The van der Waals surface area contributed by atoms with E-state index in [2.05, 4.69) is 51.3 Å². The number of morpholine rings is 1. The number of anilines is 1. The van der Waals surface area contributed by atoms with Crippen LogP contribution in [0.4, 0.5) is 5.82 Å². The second-order valence-electron chi connectivity index (χ2n) is 8.98. The normalized spacial score (nSPS) is 13.9. The van der Waals surface area contributed by atoms with Crippen molar-refractivity contribution in [2.45, 2.75) is 13.1 Å². The number of benzene rings is 2. The summed E-state index contributed by atoms with van der Waals surface area (Å²) in [7, 11) is 1.69. The predicted octanol–water partition coefficient (Wildman–Crippen LogP) is 4.19. The van der Waals surface area contributed by atoms with Gasteiger partial charge in [-0.15, -0.1) is 0 Å². The quantitative estimate of drug-likeness (QED) is 0.307. The van der Waals surface area contributed by atoms with Crippen molar-refractivity contribution in [3.63, 3.8) is 0 Å². The van der Waals surface area contributed by atoms with Crippen molar-refractivity contribution in [2.75, 3.05) is 51.5 Å². The fraction of sp³-hybridized carbons (Fsp3) is 0.310. The van der Waals surface area contributed by atoms with E-state index in [-0.39, 0.29) is 0 Å². The number of nitrogens with zero attached hydrogens (tertiary/aromatic N) is 5. The van der Waals surface area contributed by atoms with Gasteiger partial charge in [-0.1, -0.05) is 24.3 Å². The van der Waals surface area contributed by atoms with Crippen molar-refractivity contribution >= 4 is 5.82 Å². The van der Waals surface area contributed by atoms with Crippen LogP contribution in [0.25, 0.3) is 5.69 Å². The Morgan fingerprint density at radius 2 is 1.76 bits per heavy atom. The van der Waals surface area contributed by atoms with Gasteiger partial charge in [0.25, 0.3) is 0 Å². The Bertz CT molecular complexity index is 1220. The molecule has 4 aromatic rings. The van der Waals surface area contributed by atoms with E-state index in [0.29, 0.717) is 19.7 Å². The van der Waals surface area contributed by atoms with Crippen LogP contribution in [0.2, 0.25) is 0 Å². The van der Waals surface area contributed by atoms with E-state index in [9.17, 15) is 0 Å². The van der Waals surface area contributed by atoms with E-state index in [1.54, 1.807) is 13.3 Å². The van der Waals surface area contributed by atoms with E-state index in [1.165, 1.54) is 5.56 Å². The van der Waals surface area contributed by atoms with E-state index in [0.717, 1.165) is 61.4 Å². The molecule has 192 valence electrons. The average molecular weight is 500 g/mol. The summed E-state index contributed by atoms with van der Waals surface area (Å²) in [5, 5.41) is 4.32. The molecule has 2 aromatic carbocycles. The van der Waals surface area contributed by atoms with Crippen molar-refractivity contribution in [2.24, 2.45) is 0 Å². The van der Waals surface area contributed by atoms with Gasteiger partial charge >= 0.3 is 0 Å². The number of aromatic nitrogens is 3. The summed E-state index contributed by atoms with van der Waals surface area (Å²) in [5.74, 6) is 2.51. The topological polar surface area (TPSA) is 64.9 Å². The Hall–Kier alpha value is -3.88. The molecule has 0 spiro atoms. The predicted molar refractivity (Wildman–Crippen MR) is 143 cm³/mol. The first-order chi connectivity index (χ1) is 18.3. The summed E-state index contributed by atoms with van der Waals surface area (Å²) in [5.41, 5.74) is 3.37. The standard InChI is InChI=1S/C29H33N5O3/c1-35-27-5-2-4-25(20-27)23-33(22-24-6-8-26(9-7-24)34-13-3-12-31-34)29-11-10-28(21-30-29)37-19-16-32-14-17-36-18-15-32/h2-13,20-21H,14-19,22-23H2,1H3. The average Bonchev–Trinajstić information content (AvgIpc) is 3.49. The van der Waals surface area contributed by atoms with Crippen molar-refractivity contribution in [1.82, 2.24) is 19.7 Å². The lowest BCUT2D eigenvalue weighted by Crippen LogP contribution is -2.38. The molecule has 8 heteroatoms. The Labute approximate surface area is 218 Å². The minimum Gasteiger partial charge on any atom is -0.497 e. The fourth-order valence-corrected chi connectivity index (χ4v) is 4.37. The zero-order valence-electron chi connectivity index (χ0n) is 21.2. The van der Waals surface area contributed by atoms with Crippen LogP contribution in [0.15, 0.2) is 85.3 Å². The Kier molecular flexibility index (Phi) is 8.30. The summed E-state index contributed by atoms with van der Waals surface area (Å²) in [4.78, 5) is 9.38. The van der Waals surface area contributed by atoms with Crippen LogP contribution in [-0.2, 0) is 17.8 Å². The highest BCUT2D eigenvalue weighted by Gasteiger charge is 2.13. The second kappa shape index (κ2) is 12.4. The SMILES string of the molecule is COc1cccc(CN(Cc2ccc(-n3cccn3)cc2)c2ccc(OCCN3CCOCC3)cn2)c1.